The molecule has 88 valence electrons. The average Bonchev–Trinajstić information content (AvgIpc) is 2.31. The highest BCUT2D eigenvalue weighted by Gasteiger charge is 1.98. The standard InChI is InChI=1S/C14H19IO/c1-2-8-13-9-4-5-10-14(13)16-12-7-3-6-11-15/h2,4-5,8-10H,3,6-7,11-12H2,1H3/b8-2-. The smallest absolute Gasteiger partial charge is 0.126 e. The van der Waals surface area contributed by atoms with Gasteiger partial charge in [0.25, 0.3) is 0 Å². The van der Waals surface area contributed by atoms with Crippen molar-refractivity contribution >= 4 is 28.7 Å². The summed E-state index contributed by atoms with van der Waals surface area (Å²) in [6, 6.07) is 8.18. The summed E-state index contributed by atoms with van der Waals surface area (Å²) in [5, 5.41) is 0. The third-order valence-electron chi connectivity index (χ3n) is 2.30. The Bertz CT molecular complexity index is 320. The molecular weight excluding hydrogens is 311 g/mol. The van der Waals surface area contributed by atoms with Gasteiger partial charge in [-0.15, -0.1) is 0 Å². The van der Waals surface area contributed by atoms with E-state index in [-0.39, 0.29) is 0 Å². The summed E-state index contributed by atoms with van der Waals surface area (Å²) in [4.78, 5) is 0. The maximum Gasteiger partial charge on any atom is 0.126 e. The molecule has 0 aliphatic rings. The first-order valence-electron chi connectivity index (χ1n) is 5.79. The molecule has 0 N–H and O–H groups in total. The molecule has 0 aliphatic carbocycles. The maximum absolute atomic E-state index is 5.78. The van der Waals surface area contributed by atoms with E-state index in [1.807, 2.05) is 31.2 Å². The highest BCUT2D eigenvalue weighted by atomic mass is 127. The molecule has 1 aromatic rings. The van der Waals surface area contributed by atoms with Gasteiger partial charge in [-0.3, -0.25) is 0 Å². The van der Waals surface area contributed by atoms with Crippen molar-refractivity contribution in [3.63, 3.8) is 0 Å². The lowest BCUT2D eigenvalue weighted by molar-refractivity contribution is 0.306. The number of allylic oxidation sites excluding steroid dienone is 1. The number of ether oxygens (including phenoxy) is 1. The van der Waals surface area contributed by atoms with Gasteiger partial charge in [0.1, 0.15) is 5.75 Å². The molecule has 2 heteroatoms. The van der Waals surface area contributed by atoms with E-state index >= 15 is 0 Å². The molecule has 0 spiro atoms. The van der Waals surface area contributed by atoms with Gasteiger partial charge in [-0.1, -0.05) is 52.9 Å². The summed E-state index contributed by atoms with van der Waals surface area (Å²) >= 11 is 2.42. The van der Waals surface area contributed by atoms with Gasteiger partial charge in [0.15, 0.2) is 0 Å². The monoisotopic (exact) mass is 330 g/mol. The Morgan fingerprint density at radius 3 is 2.75 bits per heavy atom. The molecule has 16 heavy (non-hydrogen) atoms. The number of hydrogen-bond donors (Lipinski definition) is 0. The number of benzene rings is 1. The summed E-state index contributed by atoms with van der Waals surface area (Å²) in [6.07, 6.45) is 7.82. The van der Waals surface area contributed by atoms with Gasteiger partial charge >= 0.3 is 0 Å². The molecule has 0 saturated heterocycles. The van der Waals surface area contributed by atoms with Gasteiger partial charge in [0.05, 0.1) is 6.61 Å². The van der Waals surface area contributed by atoms with Crippen LogP contribution in [0.3, 0.4) is 0 Å². The van der Waals surface area contributed by atoms with Crippen LogP contribution in [-0.2, 0) is 0 Å². The van der Waals surface area contributed by atoms with E-state index in [9.17, 15) is 0 Å². The Morgan fingerprint density at radius 2 is 2.00 bits per heavy atom. The van der Waals surface area contributed by atoms with E-state index in [1.54, 1.807) is 0 Å². The highest BCUT2D eigenvalue weighted by Crippen LogP contribution is 2.19. The van der Waals surface area contributed by atoms with Crippen molar-refractivity contribution in [3.8, 4) is 5.75 Å². The molecule has 1 rings (SSSR count). The van der Waals surface area contributed by atoms with Gasteiger partial charge in [0.2, 0.25) is 0 Å². The summed E-state index contributed by atoms with van der Waals surface area (Å²) < 4.78 is 7.03. The molecule has 0 amide bonds. The normalized spacial score (nSPS) is 10.9. The van der Waals surface area contributed by atoms with Crippen LogP contribution in [0.15, 0.2) is 30.3 Å². The van der Waals surface area contributed by atoms with Crippen LogP contribution in [0.2, 0.25) is 0 Å². The first kappa shape index (κ1) is 13.6. The lowest BCUT2D eigenvalue weighted by atomic mass is 10.2. The zero-order valence-corrected chi connectivity index (χ0v) is 11.9. The predicted octanol–water partition coefficient (Wildman–Crippen LogP) is 4.70. The molecule has 0 unspecified atom stereocenters. The van der Waals surface area contributed by atoms with Gasteiger partial charge in [0, 0.05) is 5.56 Å². The lowest BCUT2D eigenvalue weighted by Gasteiger charge is -2.08. The fourth-order valence-corrected chi connectivity index (χ4v) is 2.02. The second kappa shape index (κ2) is 8.62. The van der Waals surface area contributed by atoms with Gasteiger partial charge in [-0.25, -0.2) is 0 Å². The second-order valence-electron chi connectivity index (χ2n) is 3.64. The minimum atomic E-state index is 0.825. The van der Waals surface area contributed by atoms with Crippen LogP contribution >= 0.6 is 22.6 Å². The molecular formula is C14H19IO. The van der Waals surface area contributed by atoms with Crippen LogP contribution in [0.4, 0.5) is 0 Å². The molecule has 0 atom stereocenters. The van der Waals surface area contributed by atoms with Crippen molar-refractivity contribution in [1.82, 2.24) is 0 Å². The van der Waals surface area contributed by atoms with E-state index in [0.717, 1.165) is 18.8 Å². The third-order valence-corrected chi connectivity index (χ3v) is 3.06. The molecule has 1 nitrogen and oxygen atoms in total. The number of rotatable bonds is 7. The Hall–Kier alpha value is -0.510. The van der Waals surface area contributed by atoms with Crippen molar-refractivity contribution in [2.24, 2.45) is 0 Å². The van der Waals surface area contributed by atoms with E-state index in [1.165, 1.54) is 22.8 Å². The maximum atomic E-state index is 5.78. The van der Waals surface area contributed by atoms with Crippen molar-refractivity contribution in [1.29, 1.82) is 0 Å². The highest BCUT2D eigenvalue weighted by molar-refractivity contribution is 14.1. The molecule has 0 aliphatic heterocycles. The quantitative estimate of drug-likeness (QED) is 0.400. The molecule has 1 aromatic carbocycles. The van der Waals surface area contributed by atoms with Gasteiger partial charge in [-0.05, 0) is 36.7 Å². The zero-order valence-electron chi connectivity index (χ0n) is 9.79. The van der Waals surface area contributed by atoms with Crippen LogP contribution in [0.5, 0.6) is 5.75 Å². The number of para-hydroxylation sites is 1. The Kier molecular flexibility index (Phi) is 7.30. The number of hydrogen-bond acceptors (Lipinski definition) is 1. The Labute approximate surface area is 112 Å². The number of unbranched alkanes of at least 4 members (excludes halogenated alkanes) is 2. The van der Waals surface area contributed by atoms with Crippen molar-refractivity contribution in [2.75, 3.05) is 11.0 Å². The van der Waals surface area contributed by atoms with E-state index in [2.05, 4.69) is 34.7 Å². The summed E-state index contributed by atoms with van der Waals surface area (Å²) in [6.45, 7) is 2.85. The topological polar surface area (TPSA) is 9.23 Å². The van der Waals surface area contributed by atoms with Crippen molar-refractivity contribution < 1.29 is 4.74 Å². The number of halogens is 1. The summed E-state index contributed by atoms with van der Waals surface area (Å²) in [7, 11) is 0. The fraction of sp³-hybridized carbons (Fsp3) is 0.429. The average molecular weight is 330 g/mol. The van der Waals surface area contributed by atoms with Gasteiger partial charge in [-0.2, -0.15) is 0 Å². The molecule has 0 saturated carbocycles. The molecule has 0 bridgehead atoms. The lowest BCUT2D eigenvalue weighted by Crippen LogP contribution is -1.98. The number of alkyl halides is 1. The fourth-order valence-electron chi connectivity index (χ4n) is 1.48. The SMILES string of the molecule is C/C=C\c1ccccc1OCCCCCI. The van der Waals surface area contributed by atoms with Crippen LogP contribution < -0.4 is 4.74 Å². The van der Waals surface area contributed by atoms with Crippen LogP contribution in [-0.4, -0.2) is 11.0 Å². The van der Waals surface area contributed by atoms with Crippen molar-refractivity contribution in [3.05, 3.63) is 35.9 Å². The van der Waals surface area contributed by atoms with Crippen LogP contribution in [0.1, 0.15) is 31.7 Å². The van der Waals surface area contributed by atoms with Crippen LogP contribution in [0.25, 0.3) is 6.08 Å². The van der Waals surface area contributed by atoms with E-state index in [4.69, 9.17) is 4.74 Å². The van der Waals surface area contributed by atoms with E-state index < -0.39 is 0 Å². The second-order valence-corrected chi connectivity index (χ2v) is 4.71. The largest absolute Gasteiger partial charge is 0.493 e. The summed E-state index contributed by atoms with van der Waals surface area (Å²) in [5.41, 5.74) is 1.17. The van der Waals surface area contributed by atoms with E-state index in [0.29, 0.717) is 0 Å². The minimum absolute atomic E-state index is 0.825. The molecule has 0 radical (unpaired) electrons. The predicted molar refractivity (Wildman–Crippen MR) is 79.4 cm³/mol. The zero-order chi connectivity index (χ0) is 11.6. The van der Waals surface area contributed by atoms with Crippen LogP contribution in [0, 0.1) is 0 Å². The molecule has 0 heterocycles. The minimum Gasteiger partial charge on any atom is -0.493 e. The Balaban J connectivity index is 2.40. The summed E-state index contributed by atoms with van der Waals surface area (Å²) in [5.74, 6) is 0.995. The first-order chi connectivity index (χ1) is 7.88. The first-order valence-corrected chi connectivity index (χ1v) is 7.31. The molecule has 0 aromatic heterocycles. The Morgan fingerprint density at radius 1 is 1.19 bits per heavy atom. The molecule has 0 fully saturated rings. The van der Waals surface area contributed by atoms with Crippen molar-refractivity contribution in [2.45, 2.75) is 26.2 Å². The third kappa shape index (κ3) is 5.01. The van der Waals surface area contributed by atoms with Gasteiger partial charge < -0.3 is 4.74 Å².